The van der Waals surface area contributed by atoms with Crippen LogP contribution >= 0.6 is 22.9 Å². The van der Waals surface area contributed by atoms with Gasteiger partial charge in [-0.05, 0) is 42.1 Å². The van der Waals surface area contributed by atoms with Gasteiger partial charge in [-0.3, -0.25) is 4.79 Å². The van der Waals surface area contributed by atoms with Crippen LogP contribution in [0, 0.1) is 6.92 Å². The Bertz CT molecular complexity index is 860. The number of likely N-dealkylation sites (tertiary alicyclic amines) is 1. The van der Waals surface area contributed by atoms with Crippen molar-refractivity contribution in [1.29, 1.82) is 0 Å². The molecule has 0 aliphatic carbocycles. The minimum Gasteiger partial charge on any atom is -0.338 e. The largest absolute Gasteiger partial charge is 0.338 e. The predicted molar refractivity (Wildman–Crippen MR) is 103 cm³/mol. The molecule has 4 rings (SSSR count). The summed E-state index contributed by atoms with van der Waals surface area (Å²) >= 11 is 7.51. The zero-order chi connectivity index (χ0) is 18.3. The summed E-state index contributed by atoms with van der Waals surface area (Å²) in [4.78, 5) is 27.8. The van der Waals surface area contributed by atoms with Gasteiger partial charge in [0.2, 0.25) is 0 Å². The quantitative estimate of drug-likeness (QED) is 0.826. The molecule has 2 fully saturated rings. The molecule has 3 amide bonds. The maximum absolute atomic E-state index is 12.7. The number of aryl methyl sites for hydroxylation is 1. The molecule has 136 valence electrons. The second-order valence-corrected chi connectivity index (χ2v) is 8.02. The standard InChI is InChI=1S/C18H19ClN4O2S/c1-12-5-10-26-15(12)16(24)22-8-6-18(7-9-22)20-17(25)23(21-18)14-4-2-3-13(19)11-14/h2-5,10-11,21H,6-9H2,1H3,(H,20,25). The van der Waals surface area contributed by atoms with Crippen molar-refractivity contribution in [2.75, 3.05) is 18.1 Å². The summed E-state index contributed by atoms with van der Waals surface area (Å²) < 4.78 is 0. The minimum atomic E-state index is -0.527. The van der Waals surface area contributed by atoms with Gasteiger partial charge in [-0.15, -0.1) is 11.3 Å². The number of halogens is 1. The molecule has 1 aromatic carbocycles. The summed E-state index contributed by atoms with van der Waals surface area (Å²) in [5.41, 5.74) is 4.46. The number of hydrogen-bond acceptors (Lipinski definition) is 4. The number of benzene rings is 1. The van der Waals surface area contributed by atoms with Crippen molar-refractivity contribution in [1.82, 2.24) is 15.6 Å². The number of hydrogen-bond donors (Lipinski definition) is 2. The molecule has 1 spiro atoms. The van der Waals surface area contributed by atoms with Crippen LogP contribution in [0.2, 0.25) is 5.02 Å². The van der Waals surface area contributed by atoms with Crippen LogP contribution in [0.15, 0.2) is 35.7 Å². The molecule has 2 N–H and O–H groups in total. The van der Waals surface area contributed by atoms with E-state index in [9.17, 15) is 9.59 Å². The Morgan fingerprint density at radius 1 is 1.27 bits per heavy atom. The normalized spacial score (nSPS) is 19.1. The van der Waals surface area contributed by atoms with Gasteiger partial charge in [-0.2, -0.15) is 0 Å². The van der Waals surface area contributed by atoms with Gasteiger partial charge in [-0.1, -0.05) is 17.7 Å². The number of rotatable bonds is 2. The molecule has 0 atom stereocenters. The molecule has 8 heteroatoms. The van der Waals surface area contributed by atoms with Crippen LogP contribution in [-0.4, -0.2) is 35.6 Å². The van der Waals surface area contributed by atoms with Gasteiger partial charge in [0.1, 0.15) is 5.66 Å². The van der Waals surface area contributed by atoms with Gasteiger partial charge in [-0.25, -0.2) is 15.2 Å². The van der Waals surface area contributed by atoms with Crippen LogP contribution in [0.25, 0.3) is 0 Å². The van der Waals surface area contributed by atoms with Crippen LogP contribution in [0.5, 0.6) is 0 Å². The van der Waals surface area contributed by atoms with E-state index < -0.39 is 5.66 Å². The predicted octanol–water partition coefficient (Wildman–Crippen LogP) is 3.38. The van der Waals surface area contributed by atoms with Crippen LogP contribution in [0.4, 0.5) is 10.5 Å². The maximum atomic E-state index is 12.7. The zero-order valence-corrected chi connectivity index (χ0v) is 15.9. The number of nitrogens with one attached hydrogen (secondary N) is 2. The lowest BCUT2D eigenvalue weighted by Gasteiger charge is -2.38. The summed E-state index contributed by atoms with van der Waals surface area (Å²) in [6.07, 6.45) is 1.29. The highest BCUT2D eigenvalue weighted by Gasteiger charge is 2.45. The van der Waals surface area contributed by atoms with Crippen LogP contribution in [-0.2, 0) is 0 Å². The third-order valence-corrected chi connectivity index (χ3v) is 6.14. The number of carbonyl (C=O) groups excluding carboxylic acids is 2. The Morgan fingerprint density at radius 2 is 2.04 bits per heavy atom. The molecule has 2 saturated heterocycles. The fraction of sp³-hybridized carbons (Fsp3) is 0.333. The highest BCUT2D eigenvalue weighted by atomic mass is 35.5. The summed E-state index contributed by atoms with van der Waals surface area (Å²) in [6, 6.07) is 8.90. The molecule has 2 aliphatic rings. The van der Waals surface area contributed by atoms with Gasteiger partial charge >= 0.3 is 6.03 Å². The highest BCUT2D eigenvalue weighted by molar-refractivity contribution is 7.12. The van der Waals surface area contributed by atoms with Gasteiger partial charge in [0.15, 0.2) is 0 Å². The molecule has 6 nitrogen and oxygen atoms in total. The lowest BCUT2D eigenvalue weighted by molar-refractivity contribution is 0.0645. The summed E-state index contributed by atoms with van der Waals surface area (Å²) in [5.74, 6) is 0.0726. The molecule has 26 heavy (non-hydrogen) atoms. The van der Waals surface area contributed by atoms with Crippen LogP contribution in [0.3, 0.4) is 0 Å². The molecule has 1 aromatic heterocycles. The van der Waals surface area contributed by atoms with Crippen molar-refractivity contribution in [3.8, 4) is 0 Å². The Labute approximate surface area is 160 Å². The van der Waals surface area contributed by atoms with E-state index in [1.165, 1.54) is 16.3 Å². The van der Waals surface area contributed by atoms with Crippen molar-refractivity contribution >= 4 is 40.6 Å². The van der Waals surface area contributed by atoms with E-state index in [2.05, 4.69) is 10.7 Å². The summed E-state index contributed by atoms with van der Waals surface area (Å²) in [7, 11) is 0. The van der Waals surface area contributed by atoms with Crippen LogP contribution < -0.4 is 15.8 Å². The van der Waals surface area contributed by atoms with E-state index in [0.717, 1.165) is 10.4 Å². The highest BCUT2D eigenvalue weighted by Crippen LogP contribution is 2.29. The Balaban J connectivity index is 1.45. The van der Waals surface area contributed by atoms with Gasteiger partial charge in [0.25, 0.3) is 5.91 Å². The first-order valence-electron chi connectivity index (χ1n) is 8.46. The van der Waals surface area contributed by atoms with Gasteiger partial charge in [0.05, 0.1) is 10.6 Å². The molecule has 0 saturated carbocycles. The van der Waals surface area contributed by atoms with E-state index >= 15 is 0 Å². The first-order chi connectivity index (χ1) is 12.5. The SMILES string of the molecule is Cc1ccsc1C(=O)N1CCC2(CC1)NC(=O)N(c1cccc(Cl)c1)N2. The van der Waals surface area contributed by atoms with E-state index in [1.807, 2.05) is 35.4 Å². The fourth-order valence-electron chi connectivity index (χ4n) is 3.41. The van der Waals surface area contributed by atoms with Crippen molar-refractivity contribution in [3.05, 3.63) is 51.2 Å². The summed E-state index contributed by atoms with van der Waals surface area (Å²) in [5, 5.41) is 7.05. The third kappa shape index (κ3) is 3.06. The number of carbonyl (C=O) groups is 2. The average molecular weight is 391 g/mol. The molecular weight excluding hydrogens is 372 g/mol. The second-order valence-electron chi connectivity index (χ2n) is 6.66. The molecule has 2 aliphatic heterocycles. The minimum absolute atomic E-state index is 0.0726. The lowest BCUT2D eigenvalue weighted by Crippen LogP contribution is -2.58. The van der Waals surface area contributed by atoms with E-state index in [4.69, 9.17) is 11.6 Å². The van der Waals surface area contributed by atoms with Gasteiger partial charge in [0, 0.05) is 31.0 Å². The van der Waals surface area contributed by atoms with Gasteiger partial charge < -0.3 is 10.2 Å². The maximum Gasteiger partial charge on any atom is 0.338 e. The molecule has 0 unspecified atom stereocenters. The Morgan fingerprint density at radius 3 is 2.69 bits per heavy atom. The van der Waals surface area contributed by atoms with Crippen LogP contribution in [0.1, 0.15) is 28.1 Å². The summed E-state index contributed by atoms with van der Waals surface area (Å²) in [6.45, 7) is 3.14. The topological polar surface area (TPSA) is 64.7 Å². The first kappa shape index (κ1) is 17.3. The molecular formula is C18H19ClN4O2S. The smallest absolute Gasteiger partial charge is 0.338 e. The van der Waals surface area contributed by atoms with E-state index in [1.54, 1.807) is 12.1 Å². The Kier molecular flexibility index (Phi) is 4.38. The monoisotopic (exact) mass is 390 g/mol. The van der Waals surface area contributed by atoms with Crippen molar-refractivity contribution in [2.45, 2.75) is 25.4 Å². The first-order valence-corrected chi connectivity index (χ1v) is 9.72. The van der Waals surface area contributed by atoms with Crippen molar-refractivity contribution < 1.29 is 9.59 Å². The third-order valence-electron chi connectivity index (χ3n) is 4.90. The van der Waals surface area contributed by atoms with Crippen molar-refractivity contribution in [2.24, 2.45) is 0 Å². The lowest BCUT2D eigenvalue weighted by atomic mass is 9.98. The second kappa shape index (κ2) is 6.57. The number of piperidine rings is 1. The number of thiophene rings is 1. The van der Waals surface area contributed by atoms with E-state index in [-0.39, 0.29) is 11.9 Å². The number of hydrazine groups is 1. The zero-order valence-electron chi connectivity index (χ0n) is 14.3. The number of nitrogens with zero attached hydrogens (tertiary/aromatic N) is 2. The van der Waals surface area contributed by atoms with E-state index in [0.29, 0.717) is 36.6 Å². The number of amides is 3. The number of anilines is 1. The number of urea groups is 1. The molecule has 2 aromatic rings. The molecule has 0 bridgehead atoms. The molecule has 3 heterocycles. The molecule has 0 radical (unpaired) electrons. The Hall–Kier alpha value is -2.09. The van der Waals surface area contributed by atoms with Crippen molar-refractivity contribution in [3.63, 3.8) is 0 Å². The fourth-order valence-corrected chi connectivity index (χ4v) is 4.49. The average Bonchev–Trinajstić information content (AvgIpc) is 3.18.